The zero-order chi connectivity index (χ0) is 24.5. The number of aromatic nitrogens is 3. The highest BCUT2D eigenvalue weighted by Crippen LogP contribution is 2.24. The van der Waals surface area contributed by atoms with Gasteiger partial charge < -0.3 is 9.64 Å². The van der Waals surface area contributed by atoms with E-state index in [0.29, 0.717) is 36.3 Å². The summed E-state index contributed by atoms with van der Waals surface area (Å²) in [6.45, 7) is 0.773. The highest BCUT2D eigenvalue weighted by molar-refractivity contribution is 7.07. The standard InChI is InChI=1S/C26H22FN5O2S/c27-22-8-4-19(5-9-22)15-24-30-26(35-31-24)34-23-10-6-20(7-11-23)16-25(33)32(14-2-12-28)18-21-3-1-13-29-17-21/h1,3-11,13,17H,2,14-16,18H2. The van der Waals surface area contributed by atoms with E-state index >= 15 is 0 Å². The molecule has 0 aliphatic carbocycles. The third kappa shape index (κ3) is 7.16. The number of hydrogen-bond donors (Lipinski definition) is 0. The van der Waals surface area contributed by atoms with Crippen molar-refractivity contribution < 1.29 is 13.9 Å². The molecule has 0 unspecified atom stereocenters. The van der Waals surface area contributed by atoms with Crippen LogP contribution in [-0.2, 0) is 24.2 Å². The maximum Gasteiger partial charge on any atom is 0.298 e. The predicted octanol–water partition coefficient (Wildman–Crippen LogP) is 4.94. The lowest BCUT2D eigenvalue weighted by molar-refractivity contribution is -0.131. The largest absolute Gasteiger partial charge is 0.430 e. The third-order valence-corrected chi connectivity index (χ3v) is 5.78. The van der Waals surface area contributed by atoms with Crippen molar-refractivity contribution in [3.63, 3.8) is 0 Å². The van der Waals surface area contributed by atoms with Crippen LogP contribution in [0.5, 0.6) is 10.9 Å². The molecule has 2 aromatic heterocycles. The van der Waals surface area contributed by atoms with E-state index in [1.54, 1.807) is 41.6 Å². The van der Waals surface area contributed by atoms with Crippen molar-refractivity contribution in [3.8, 4) is 17.0 Å². The van der Waals surface area contributed by atoms with Gasteiger partial charge in [-0.3, -0.25) is 9.78 Å². The summed E-state index contributed by atoms with van der Waals surface area (Å²) in [4.78, 5) is 23.0. The molecular formula is C26H22FN5O2S. The van der Waals surface area contributed by atoms with Crippen molar-refractivity contribution in [2.24, 2.45) is 0 Å². The normalized spacial score (nSPS) is 10.5. The molecule has 9 heteroatoms. The van der Waals surface area contributed by atoms with E-state index < -0.39 is 0 Å². The third-order valence-electron chi connectivity index (χ3n) is 5.15. The molecule has 0 radical (unpaired) electrons. The van der Waals surface area contributed by atoms with Crippen LogP contribution in [0.15, 0.2) is 73.1 Å². The Labute approximate surface area is 206 Å². The van der Waals surface area contributed by atoms with Crippen LogP contribution in [0.25, 0.3) is 0 Å². The summed E-state index contributed by atoms with van der Waals surface area (Å²) in [5, 5.41) is 9.36. The van der Waals surface area contributed by atoms with Gasteiger partial charge >= 0.3 is 0 Å². The lowest BCUT2D eigenvalue weighted by Gasteiger charge is -2.21. The number of ether oxygens (including phenoxy) is 1. The highest BCUT2D eigenvalue weighted by Gasteiger charge is 2.15. The number of nitrogens with zero attached hydrogens (tertiary/aromatic N) is 5. The second-order valence-corrected chi connectivity index (χ2v) is 8.50. The SMILES string of the molecule is N#CCCN(Cc1cccnc1)C(=O)Cc1ccc(Oc2nc(Cc3ccc(F)cc3)ns2)cc1. The minimum atomic E-state index is -0.280. The quantitative estimate of drug-likeness (QED) is 0.315. The molecule has 4 aromatic rings. The van der Waals surface area contributed by atoms with E-state index in [1.807, 2.05) is 24.3 Å². The van der Waals surface area contributed by atoms with Crippen molar-refractivity contribution in [2.75, 3.05) is 6.54 Å². The lowest BCUT2D eigenvalue weighted by atomic mass is 10.1. The molecule has 0 atom stereocenters. The molecule has 176 valence electrons. The Kier molecular flexibility index (Phi) is 8.09. The second kappa shape index (κ2) is 11.8. The smallest absolute Gasteiger partial charge is 0.298 e. The van der Waals surface area contributed by atoms with Gasteiger partial charge in [-0.15, -0.1) is 0 Å². The summed E-state index contributed by atoms with van der Waals surface area (Å²) in [6, 6.07) is 19.3. The Balaban J connectivity index is 1.34. The van der Waals surface area contributed by atoms with Crippen LogP contribution in [0.4, 0.5) is 4.39 Å². The van der Waals surface area contributed by atoms with Crippen LogP contribution in [0.1, 0.15) is 28.9 Å². The number of benzene rings is 2. The fraction of sp³-hybridized carbons (Fsp3) is 0.192. The average Bonchev–Trinajstić information content (AvgIpc) is 3.31. The predicted molar refractivity (Wildman–Crippen MR) is 129 cm³/mol. The maximum atomic E-state index is 13.1. The van der Waals surface area contributed by atoms with Gasteiger partial charge in [0.15, 0.2) is 5.82 Å². The number of amides is 1. The molecular weight excluding hydrogens is 465 g/mol. The Hall–Kier alpha value is -4.16. The van der Waals surface area contributed by atoms with E-state index in [4.69, 9.17) is 10.00 Å². The number of carbonyl (C=O) groups is 1. The molecule has 0 spiro atoms. The van der Waals surface area contributed by atoms with E-state index in [0.717, 1.165) is 28.2 Å². The number of nitriles is 1. The van der Waals surface area contributed by atoms with Gasteiger partial charge in [-0.2, -0.15) is 14.6 Å². The summed E-state index contributed by atoms with van der Waals surface area (Å²) < 4.78 is 23.2. The van der Waals surface area contributed by atoms with Gasteiger partial charge in [-0.25, -0.2) is 4.39 Å². The number of rotatable bonds is 10. The molecule has 1 amide bonds. The summed E-state index contributed by atoms with van der Waals surface area (Å²) in [5.41, 5.74) is 2.67. The Morgan fingerprint density at radius 2 is 1.83 bits per heavy atom. The summed E-state index contributed by atoms with van der Waals surface area (Å²) >= 11 is 1.14. The van der Waals surface area contributed by atoms with Gasteiger partial charge in [0.05, 0.1) is 18.9 Å². The summed E-state index contributed by atoms with van der Waals surface area (Å²) in [5.74, 6) is 0.845. The van der Waals surface area contributed by atoms with Gasteiger partial charge in [0.1, 0.15) is 11.6 Å². The van der Waals surface area contributed by atoms with Crippen LogP contribution >= 0.6 is 11.5 Å². The first-order valence-corrected chi connectivity index (χ1v) is 11.7. The molecule has 0 aliphatic rings. The minimum absolute atomic E-state index is 0.0627. The van der Waals surface area contributed by atoms with Crippen LogP contribution in [-0.4, -0.2) is 31.7 Å². The molecule has 7 nitrogen and oxygen atoms in total. The zero-order valence-corrected chi connectivity index (χ0v) is 19.6. The molecule has 0 bridgehead atoms. The molecule has 0 saturated carbocycles. The molecule has 0 fully saturated rings. The first-order valence-electron chi connectivity index (χ1n) is 11.0. The van der Waals surface area contributed by atoms with Crippen LogP contribution < -0.4 is 4.74 Å². The number of carbonyl (C=O) groups excluding carboxylic acids is 1. The van der Waals surface area contributed by atoms with E-state index in [9.17, 15) is 9.18 Å². The zero-order valence-electron chi connectivity index (χ0n) is 18.8. The monoisotopic (exact) mass is 487 g/mol. The van der Waals surface area contributed by atoms with E-state index in [-0.39, 0.29) is 24.6 Å². The van der Waals surface area contributed by atoms with Crippen LogP contribution in [0, 0.1) is 17.1 Å². The van der Waals surface area contributed by atoms with Crippen molar-refractivity contribution in [1.29, 1.82) is 5.26 Å². The minimum Gasteiger partial charge on any atom is -0.430 e. The number of hydrogen-bond acceptors (Lipinski definition) is 7. The highest BCUT2D eigenvalue weighted by atomic mass is 32.1. The molecule has 0 aliphatic heterocycles. The molecule has 2 aromatic carbocycles. The fourth-order valence-corrected chi connectivity index (χ4v) is 3.96. The summed E-state index contributed by atoms with van der Waals surface area (Å²) in [6.07, 6.45) is 4.37. The van der Waals surface area contributed by atoms with Gasteiger partial charge in [-0.1, -0.05) is 30.3 Å². The first kappa shape index (κ1) is 24.0. The van der Waals surface area contributed by atoms with Crippen molar-refractivity contribution in [3.05, 3.63) is 101 Å². The molecule has 0 saturated heterocycles. The fourth-order valence-electron chi connectivity index (χ4n) is 3.39. The van der Waals surface area contributed by atoms with Crippen LogP contribution in [0.2, 0.25) is 0 Å². The number of halogens is 1. The lowest BCUT2D eigenvalue weighted by Crippen LogP contribution is -2.32. The molecule has 4 rings (SSSR count). The first-order chi connectivity index (χ1) is 17.1. The molecule has 35 heavy (non-hydrogen) atoms. The Morgan fingerprint density at radius 1 is 1.06 bits per heavy atom. The van der Waals surface area contributed by atoms with Gasteiger partial charge in [0, 0.05) is 43.4 Å². The van der Waals surface area contributed by atoms with E-state index in [1.165, 1.54) is 12.1 Å². The molecule has 0 N–H and O–H groups in total. The number of pyridine rings is 1. The van der Waals surface area contributed by atoms with Gasteiger partial charge in [-0.05, 0) is 47.0 Å². The van der Waals surface area contributed by atoms with Crippen molar-refractivity contribution >= 4 is 17.4 Å². The second-order valence-electron chi connectivity index (χ2n) is 7.79. The van der Waals surface area contributed by atoms with Gasteiger partial charge in [0.2, 0.25) is 5.91 Å². The topological polar surface area (TPSA) is 92.0 Å². The Morgan fingerprint density at radius 3 is 2.54 bits per heavy atom. The Bertz CT molecular complexity index is 1290. The van der Waals surface area contributed by atoms with Crippen LogP contribution in [0.3, 0.4) is 0 Å². The van der Waals surface area contributed by atoms with Gasteiger partial charge in [0.25, 0.3) is 5.19 Å². The van der Waals surface area contributed by atoms with E-state index in [2.05, 4.69) is 20.4 Å². The maximum absolute atomic E-state index is 13.1. The van der Waals surface area contributed by atoms with Crippen molar-refractivity contribution in [2.45, 2.75) is 25.8 Å². The molecule has 2 heterocycles. The summed E-state index contributed by atoms with van der Waals surface area (Å²) in [7, 11) is 0. The average molecular weight is 488 g/mol. The van der Waals surface area contributed by atoms with Crippen molar-refractivity contribution in [1.82, 2.24) is 19.2 Å².